The Morgan fingerprint density at radius 2 is 1.87 bits per heavy atom. The molecular formula is C17H17N3O3. The first kappa shape index (κ1) is 13.1. The van der Waals surface area contributed by atoms with Crippen molar-refractivity contribution in [2.45, 2.75) is 43.3 Å². The molecule has 0 aliphatic carbocycles. The second-order valence-electron chi connectivity index (χ2n) is 6.81. The number of para-hydroxylation sites is 1. The Balaban J connectivity index is 1.68. The lowest BCUT2D eigenvalue weighted by atomic mass is 9.88. The van der Waals surface area contributed by atoms with Gasteiger partial charge < -0.3 is 15.1 Å². The van der Waals surface area contributed by atoms with Gasteiger partial charge in [0.05, 0.1) is 0 Å². The van der Waals surface area contributed by atoms with Gasteiger partial charge in [0.1, 0.15) is 17.6 Å². The first-order valence-corrected chi connectivity index (χ1v) is 8.19. The van der Waals surface area contributed by atoms with Gasteiger partial charge in [-0.2, -0.15) is 0 Å². The smallest absolute Gasteiger partial charge is 0.255 e. The van der Waals surface area contributed by atoms with Crippen molar-refractivity contribution in [1.82, 2.24) is 9.80 Å². The van der Waals surface area contributed by atoms with E-state index in [-0.39, 0.29) is 23.8 Å². The second kappa shape index (κ2) is 4.13. The molecule has 3 saturated heterocycles. The molecule has 1 N–H and O–H groups in total. The first-order valence-electron chi connectivity index (χ1n) is 8.19. The summed E-state index contributed by atoms with van der Waals surface area (Å²) in [6.07, 6.45) is 2.62. The Kier molecular flexibility index (Phi) is 2.35. The fraction of sp³-hybridized carbons (Fsp3) is 0.471. The number of carbonyl (C=O) groups excluding carboxylic acids is 3. The molecule has 3 unspecified atom stereocenters. The van der Waals surface area contributed by atoms with Crippen LogP contribution in [0.1, 0.15) is 31.2 Å². The molecule has 3 fully saturated rings. The predicted octanol–water partition coefficient (Wildman–Crippen LogP) is 0.830. The van der Waals surface area contributed by atoms with Crippen molar-refractivity contribution in [3.63, 3.8) is 0 Å². The summed E-state index contributed by atoms with van der Waals surface area (Å²) in [5.74, 6) is -0.216. The maximum Gasteiger partial charge on any atom is 0.255 e. The van der Waals surface area contributed by atoms with E-state index in [0.29, 0.717) is 25.8 Å². The number of hydrogen-bond donors (Lipinski definition) is 1. The average Bonchev–Trinajstić information content (AvgIpc) is 3.24. The third-order valence-electron chi connectivity index (χ3n) is 5.84. The summed E-state index contributed by atoms with van der Waals surface area (Å²) in [7, 11) is 0. The average molecular weight is 311 g/mol. The summed E-state index contributed by atoms with van der Waals surface area (Å²) in [6.45, 7) is 0.662. The third kappa shape index (κ3) is 1.37. The number of nitrogens with one attached hydrogen (secondary N) is 1. The maximum atomic E-state index is 13.1. The Hall–Kier alpha value is -2.37. The number of hydrogen-bond acceptors (Lipinski definition) is 3. The van der Waals surface area contributed by atoms with E-state index >= 15 is 0 Å². The number of carbonyl (C=O) groups is 3. The van der Waals surface area contributed by atoms with Crippen LogP contribution in [0, 0.1) is 0 Å². The molecule has 23 heavy (non-hydrogen) atoms. The zero-order valence-electron chi connectivity index (χ0n) is 12.6. The molecule has 4 aliphatic rings. The van der Waals surface area contributed by atoms with Crippen molar-refractivity contribution in [3.05, 3.63) is 29.8 Å². The highest BCUT2D eigenvalue weighted by Crippen LogP contribution is 2.51. The summed E-state index contributed by atoms with van der Waals surface area (Å²) in [5, 5.41) is 2.90. The Bertz CT molecular complexity index is 761. The summed E-state index contributed by atoms with van der Waals surface area (Å²) in [5.41, 5.74) is 0.593. The van der Waals surface area contributed by atoms with Crippen LogP contribution < -0.4 is 5.32 Å². The number of fused-ring (bicyclic) bond motifs is 5. The SMILES string of the molecule is O=C1C2CCC3(C(=O)Nc4ccccc43)N2C(=O)C2CCCN12. The van der Waals surface area contributed by atoms with E-state index in [9.17, 15) is 14.4 Å². The van der Waals surface area contributed by atoms with Crippen LogP contribution in [0.3, 0.4) is 0 Å². The number of rotatable bonds is 0. The molecule has 0 aromatic heterocycles. The lowest BCUT2D eigenvalue weighted by Gasteiger charge is -2.44. The van der Waals surface area contributed by atoms with E-state index in [2.05, 4.69) is 5.32 Å². The van der Waals surface area contributed by atoms with Gasteiger partial charge in [-0.15, -0.1) is 0 Å². The molecule has 6 heteroatoms. The van der Waals surface area contributed by atoms with Gasteiger partial charge in [0.15, 0.2) is 0 Å². The van der Waals surface area contributed by atoms with Crippen molar-refractivity contribution in [1.29, 1.82) is 0 Å². The number of anilines is 1. The zero-order chi connectivity index (χ0) is 15.8. The molecule has 1 aromatic carbocycles. The highest BCUT2D eigenvalue weighted by atomic mass is 16.2. The molecule has 0 saturated carbocycles. The second-order valence-corrected chi connectivity index (χ2v) is 6.81. The van der Waals surface area contributed by atoms with Gasteiger partial charge in [-0.05, 0) is 31.7 Å². The lowest BCUT2D eigenvalue weighted by Crippen LogP contribution is -2.65. The number of benzene rings is 1. The van der Waals surface area contributed by atoms with E-state index in [1.165, 1.54) is 0 Å². The van der Waals surface area contributed by atoms with Gasteiger partial charge in [-0.1, -0.05) is 18.2 Å². The molecule has 0 radical (unpaired) electrons. The molecule has 118 valence electrons. The summed E-state index contributed by atoms with van der Waals surface area (Å²) in [4.78, 5) is 42.1. The molecule has 0 bridgehead atoms. The molecule has 4 heterocycles. The van der Waals surface area contributed by atoms with Crippen molar-refractivity contribution in [2.75, 3.05) is 11.9 Å². The van der Waals surface area contributed by atoms with E-state index < -0.39 is 11.6 Å². The van der Waals surface area contributed by atoms with Crippen LogP contribution in [0.15, 0.2) is 24.3 Å². The van der Waals surface area contributed by atoms with E-state index in [1.54, 1.807) is 9.80 Å². The van der Waals surface area contributed by atoms with Crippen LogP contribution in [0.5, 0.6) is 0 Å². The maximum absolute atomic E-state index is 13.1. The van der Waals surface area contributed by atoms with E-state index in [1.807, 2.05) is 24.3 Å². The largest absolute Gasteiger partial charge is 0.329 e. The molecule has 4 aliphatic heterocycles. The molecule has 5 rings (SSSR count). The van der Waals surface area contributed by atoms with Crippen molar-refractivity contribution < 1.29 is 14.4 Å². The van der Waals surface area contributed by atoms with E-state index in [4.69, 9.17) is 0 Å². The minimum atomic E-state index is -0.997. The van der Waals surface area contributed by atoms with Crippen molar-refractivity contribution in [2.24, 2.45) is 0 Å². The molecule has 6 nitrogen and oxygen atoms in total. The molecule has 1 aromatic rings. The highest BCUT2D eigenvalue weighted by molar-refractivity contribution is 6.10. The molecular weight excluding hydrogens is 294 g/mol. The van der Waals surface area contributed by atoms with Gasteiger partial charge in [0.2, 0.25) is 11.8 Å². The standard InChI is InChI=1S/C17H17N3O3/c21-14-13-7-8-17(10-4-1-2-5-11(10)18-16(17)23)20(13)15(22)12-6-3-9-19(12)14/h1-2,4-5,12-13H,3,6-9H2,(H,18,23). The Morgan fingerprint density at radius 1 is 1.04 bits per heavy atom. The van der Waals surface area contributed by atoms with Crippen LogP contribution in [0.25, 0.3) is 0 Å². The minimum Gasteiger partial charge on any atom is -0.329 e. The number of nitrogens with zero attached hydrogens (tertiary/aromatic N) is 2. The predicted molar refractivity (Wildman–Crippen MR) is 81.4 cm³/mol. The minimum absolute atomic E-state index is 0.0150. The molecule has 3 amide bonds. The zero-order valence-corrected chi connectivity index (χ0v) is 12.6. The van der Waals surface area contributed by atoms with Crippen LogP contribution in [-0.2, 0) is 19.9 Å². The summed E-state index contributed by atoms with van der Waals surface area (Å²) in [6, 6.07) is 6.63. The van der Waals surface area contributed by atoms with Gasteiger partial charge in [0.25, 0.3) is 5.91 Å². The fourth-order valence-electron chi connectivity index (χ4n) is 4.86. The number of amides is 3. The normalized spacial score (nSPS) is 34.7. The van der Waals surface area contributed by atoms with Gasteiger partial charge >= 0.3 is 0 Å². The lowest BCUT2D eigenvalue weighted by molar-refractivity contribution is -0.164. The third-order valence-corrected chi connectivity index (χ3v) is 5.84. The van der Waals surface area contributed by atoms with Crippen LogP contribution in [0.2, 0.25) is 0 Å². The quantitative estimate of drug-likeness (QED) is 0.771. The van der Waals surface area contributed by atoms with Crippen LogP contribution in [0.4, 0.5) is 5.69 Å². The Labute approximate surface area is 133 Å². The topological polar surface area (TPSA) is 69.7 Å². The van der Waals surface area contributed by atoms with Crippen LogP contribution >= 0.6 is 0 Å². The summed E-state index contributed by atoms with van der Waals surface area (Å²) < 4.78 is 0. The van der Waals surface area contributed by atoms with Crippen molar-refractivity contribution in [3.8, 4) is 0 Å². The van der Waals surface area contributed by atoms with Gasteiger partial charge in [-0.3, -0.25) is 14.4 Å². The Morgan fingerprint density at radius 3 is 2.74 bits per heavy atom. The first-order chi connectivity index (χ1) is 11.1. The van der Waals surface area contributed by atoms with Gasteiger partial charge in [0, 0.05) is 17.8 Å². The van der Waals surface area contributed by atoms with Gasteiger partial charge in [-0.25, -0.2) is 0 Å². The summed E-state index contributed by atoms with van der Waals surface area (Å²) >= 11 is 0. The van der Waals surface area contributed by atoms with Crippen LogP contribution in [-0.4, -0.2) is 46.1 Å². The molecule has 3 atom stereocenters. The highest BCUT2D eigenvalue weighted by Gasteiger charge is 2.64. The number of piperazine rings is 1. The van der Waals surface area contributed by atoms with E-state index in [0.717, 1.165) is 17.7 Å². The fourth-order valence-corrected chi connectivity index (χ4v) is 4.86. The monoisotopic (exact) mass is 311 g/mol. The van der Waals surface area contributed by atoms with Crippen molar-refractivity contribution >= 4 is 23.4 Å². The molecule has 1 spiro atoms.